The molecule has 2 aromatic heterocycles. The van der Waals surface area contributed by atoms with Crippen molar-refractivity contribution < 1.29 is 4.74 Å². The zero-order valence-electron chi connectivity index (χ0n) is 17.5. The topological polar surface area (TPSA) is 67.6 Å². The second-order valence-corrected chi connectivity index (χ2v) is 8.22. The van der Waals surface area contributed by atoms with Crippen molar-refractivity contribution in [3.8, 4) is 5.88 Å². The van der Waals surface area contributed by atoms with Gasteiger partial charge in [0.15, 0.2) is 5.96 Å². The molecule has 0 radical (unpaired) electrons. The van der Waals surface area contributed by atoms with Crippen LogP contribution in [0.3, 0.4) is 0 Å². The van der Waals surface area contributed by atoms with E-state index in [1.807, 2.05) is 37.9 Å². The van der Waals surface area contributed by atoms with E-state index in [0.29, 0.717) is 24.6 Å². The Morgan fingerprint density at radius 1 is 1.28 bits per heavy atom. The van der Waals surface area contributed by atoms with E-state index in [1.165, 1.54) is 12.8 Å². The zero-order valence-corrected chi connectivity index (χ0v) is 17.5. The van der Waals surface area contributed by atoms with Gasteiger partial charge in [-0.3, -0.25) is 4.99 Å². The summed E-state index contributed by atoms with van der Waals surface area (Å²) in [6, 6.07) is 4.50. The van der Waals surface area contributed by atoms with Gasteiger partial charge in [-0.05, 0) is 49.7 Å². The van der Waals surface area contributed by atoms with Crippen molar-refractivity contribution in [2.24, 2.45) is 10.9 Å². The Bertz CT molecular complexity index is 799. The summed E-state index contributed by atoms with van der Waals surface area (Å²) in [4.78, 5) is 15.5. The van der Waals surface area contributed by atoms with E-state index in [-0.39, 0.29) is 0 Å². The lowest BCUT2D eigenvalue weighted by atomic mass is 9.93. The highest BCUT2D eigenvalue weighted by Gasteiger charge is 2.28. The Labute approximate surface area is 173 Å². The monoisotopic (exact) mass is 396 g/mol. The lowest BCUT2D eigenvalue weighted by Crippen LogP contribution is -2.48. The molecule has 0 spiro atoms. The number of imidazole rings is 1. The van der Waals surface area contributed by atoms with Crippen molar-refractivity contribution in [2.75, 3.05) is 20.1 Å². The molecular formula is C22H32N6O. The number of likely N-dealkylation sites (tertiary alicyclic amines) is 1. The second kappa shape index (κ2) is 9.29. The van der Waals surface area contributed by atoms with Crippen LogP contribution in [-0.4, -0.2) is 51.6 Å². The summed E-state index contributed by atoms with van der Waals surface area (Å²) in [6.45, 7) is 4.97. The maximum absolute atomic E-state index is 6.04. The number of piperidine rings is 1. The molecule has 2 aromatic rings. The molecule has 0 amide bonds. The van der Waals surface area contributed by atoms with Gasteiger partial charge in [0.25, 0.3) is 0 Å². The number of nitrogens with zero attached hydrogens (tertiary/aromatic N) is 5. The molecule has 29 heavy (non-hydrogen) atoms. The van der Waals surface area contributed by atoms with Crippen LogP contribution in [0.1, 0.15) is 50.6 Å². The Kier molecular flexibility index (Phi) is 6.32. The summed E-state index contributed by atoms with van der Waals surface area (Å²) < 4.78 is 8.27. The summed E-state index contributed by atoms with van der Waals surface area (Å²) in [7, 11) is 1.85. The normalized spacial score (nSPS) is 23.4. The molecule has 1 aliphatic heterocycles. The van der Waals surface area contributed by atoms with Gasteiger partial charge in [0, 0.05) is 51.3 Å². The summed E-state index contributed by atoms with van der Waals surface area (Å²) in [5.74, 6) is 2.30. The maximum Gasteiger partial charge on any atom is 0.213 e. The first kappa shape index (κ1) is 19.7. The Balaban J connectivity index is 1.35. The fraction of sp³-hybridized carbons (Fsp3) is 0.591. The third-order valence-corrected chi connectivity index (χ3v) is 6.18. The molecule has 1 saturated heterocycles. The van der Waals surface area contributed by atoms with Gasteiger partial charge in [-0.15, -0.1) is 0 Å². The van der Waals surface area contributed by atoms with Crippen LogP contribution >= 0.6 is 0 Å². The van der Waals surface area contributed by atoms with Gasteiger partial charge in [0.2, 0.25) is 5.88 Å². The van der Waals surface area contributed by atoms with Crippen LogP contribution in [-0.2, 0) is 6.54 Å². The van der Waals surface area contributed by atoms with Gasteiger partial charge in [0.05, 0.1) is 12.4 Å². The fourth-order valence-corrected chi connectivity index (χ4v) is 4.41. The van der Waals surface area contributed by atoms with E-state index < -0.39 is 0 Å². The molecule has 156 valence electrons. The zero-order chi connectivity index (χ0) is 20.1. The number of guanidine groups is 1. The molecule has 3 heterocycles. The molecule has 2 atom stereocenters. The van der Waals surface area contributed by atoms with Crippen molar-refractivity contribution in [3.05, 3.63) is 42.6 Å². The minimum atomic E-state index is 0.328. The maximum atomic E-state index is 6.04. The quantitative estimate of drug-likeness (QED) is 0.621. The van der Waals surface area contributed by atoms with E-state index >= 15 is 0 Å². The van der Waals surface area contributed by atoms with Crippen molar-refractivity contribution in [2.45, 2.75) is 57.7 Å². The van der Waals surface area contributed by atoms with Gasteiger partial charge in [-0.1, -0.05) is 6.92 Å². The van der Waals surface area contributed by atoms with Crippen molar-refractivity contribution in [3.63, 3.8) is 0 Å². The van der Waals surface area contributed by atoms with Crippen molar-refractivity contribution in [1.29, 1.82) is 0 Å². The van der Waals surface area contributed by atoms with E-state index in [1.54, 1.807) is 0 Å². The number of nitrogens with one attached hydrogen (secondary N) is 1. The third kappa shape index (κ3) is 4.89. The van der Waals surface area contributed by atoms with E-state index in [0.717, 1.165) is 49.8 Å². The second-order valence-electron chi connectivity index (χ2n) is 8.22. The first-order valence-corrected chi connectivity index (χ1v) is 10.8. The molecule has 2 aliphatic rings. The minimum absolute atomic E-state index is 0.328. The predicted molar refractivity (Wildman–Crippen MR) is 114 cm³/mol. The van der Waals surface area contributed by atoms with Gasteiger partial charge >= 0.3 is 0 Å². The lowest BCUT2D eigenvalue weighted by molar-refractivity contribution is 0.189. The Hall–Kier alpha value is -2.57. The van der Waals surface area contributed by atoms with E-state index in [9.17, 15) is 0 Å². The summed E-state index contributed by atoms with van der Waals surface area (Å²) in [5.41, 5.74) is 1.16. The number of aromatic nitrogens is 3. The Morgan fingerprint density at radius 3 is 2.90 bits per heavy atom. The predicted octanol–water partition coefficient (Wildman–Crippen LogP) is 3.26. The van der Waals surface area contributed by atoms with Crippen LogP contribution < -0.4 is 10.1 Å². The van der Waals surface area contributed by atoms with Crippen LogP contribution in [0.5, 0.6) is 5.88 Å². The largest absolute Gasteiger partial charge is 0.474 e. The summed E-state index contributed by atoms with van der Waals surface area (Å²) in [6.07, 6.45) is 13.9. The highest BCUT2D eigenvalue weighted by atomic mass is 16.5. The number of ether oxygens (including phenoxy) is 1. The molecule has 1 saturated carbocycles. The van der Waals surface area contributed by atoms with Crippen molar-refractivity contribution >= 4 is 5.96 Å². The molecule has 1 aliphatic carbocycles. The summed E-state index contributed by atoms with van der Waals surface area (Å²) in [5, 5.41) is 3.52. The standard InChI is InChI=1S/C22H32N6O/c1-17-8-11-27(15-20(17)28-12-10-24-16-28)22(23-2)26-14-18-7-9-25-21(13-18)29-19-5-3-4-6-19/h7,9-10,12-13,16-17,19-20H,3-6,8,11,14-15H2,1-2H3,(H,23,26). The van der Waals surface area contributed by atoms with Gasteiger partial charge in [0.1, 0.15) is 6.10 Å². The highest BCUT2D eigenvalue weighted by Crippen LogP contribution is 2.27. The average molecular weight is 397 g/mol. The molecule has 4 rings (SSSR count). The average Bonchev–Trinajstić information content (AvgIpc) is 3.44. The minimum Gasteiger partial charge on any atom is -0.474 e. The number of aliphatic imine (C=N–C) groups is 1. The van der Waals surface area contributed by atoms with E-state index in [4.69, 9.17) is 4.74 Å². The SMILES string of the molecule is CN=C(NCc1ccnc(OC2CCCC2)c1)N1CCC(C)C(n2ccnc2)C1. The Morgan fingerprint density at radius 2 is 2.14 bits per heavy atom. The molecule has 2 unspecified atom stereocenters. The molecule has 7 heteroatoms. The van der Waals surface area contributed by atoms with Gasteiger partial charge in [-0.2, -0.15) is 0 Å². The van der Waals surface area contributed by atoms with Crippen molar-refractivity contribution in [1.82, 2.24) is 24.8 Å². The molecular weight excluding hydrogens is 364 g/mol. The fourth-order valence-electron chi connectivity index (χ4n) is 4.41. The van der Waals surface area contributed by atoms with Crippen LogP contribution in [0.2, 0.25) is 0 Å². The first-order chi connectivity index (χ1) is 14.2. The number of hydrogen-bond acceptors (Lipinski definition) is 4. The van der Waals surface area contributed by atoms with Gasteiger partial charge in [-0.25, -0.2) is 9.97 Å². The number of pyridine rings is 1. The summed E-state index contributed by atoms with van der Waals surface area (Å²) >= 11 is 0. The van der Waals surface area contributed by atoms with Crippen LogP contribution in [0.4, 0.5) is 0 Å². The highest BCUT2D eigenvalue weighted by molar-refractivity contribution is 5.80. The van der Waals surface area contributed by atoms with Crippen LogP contribution in [0, 0.1) is 5.92 Å². The smallest absolute Gasteiger partial charge is 0.213 e. The third-order valence-electron chi connectivity index (χ3n) is 6.18. The van der Waals surface area contributed by atoms with E-state index in [2.05, 4.69) is 42.9 Å². The lowest BCUT2D eigenvalue weighted by Gasteiger charge is -2.39. The van der Waals surface area contributed by atoms with Crippen LogP contribution in [0.25, 0.3) is 0 Å². The molecule has 2 fully saturated rings. The first-order valence-electron chi connectivity index (χ1n) is 10.8. The molecule has 7 nitrogen and oxygen atoms in total. The number of rotatable bonds is 5. The molecule has 0 bridgehead atoms. The molecule has 1 N–H and O–H groups in total. The van der Waals surface area contributed by atoms with Gasteiger partial charge < -0.3 is 19.5 Å². The van der Waals surface area contributed by atoms with Crippen LogP contribution in [0.15, 0.2) is 42.0 Å². The molecule has 0 aromatic carbocycles. The number of hydrogen-bond donors (Lipinski definition) is 1.